The first kappa shape index (κ1) is 32.3. The minimum absolute atomic E-state index is 0.0707. The summed E-state index contributed by atoms with van der Waals surface area (Å²) < 4.78 is 7.07. The fourth-order valence-corrected chi connectivity index (χ4v) is 11.4. The Labute approximate surface area is 338 Å². The van der Waals surface area contributed by atoms with E-state index in [1.807, 2.05) is 0 Å². The molecule has 2 aliphatic heterocycles. The highest BCUT2D eigenvalue weighted by atomic mass is 16.3. The van der Waals surface area contributed by atoms with Crippen LogP contribution < -0.4 is 26.2 Å². The van der Waals surface area contributed by atoms with Crippen LogP contribution >= 0.6 is 0 Å². The van der Waals surface area contributed by atoms with Crippen LogP contribution in [0.5, 0.6) is 0 Å². The largest absolute Gasteiger partial charge is 0.454 e. The second kappa shape index (κ2) is 11.0. The maximum absolute atomic E-state index is 7.07. The first-order valence-corrected chi connectivity index (χ1v) is 20.6. The molecule has 0 saturated heterocycles. The van der Waals surface area contributed by atoms with E-state index in [9.17, 15) is 0 Å². The van der Waals surface area contributed by atoms with Crippen molar-refractivity contribution in [1.29, 1.82) is 0 Å². The van der Waals surface area contributed by atoms with E-state index in [1.54, 1.807) is 0 Å². The van der Waals surface area contributed by atoms with Crippen LogP contribution in [0.2, 0.25) is 0 Å². The van der Waals surface area contributed by atoms with Gasteiger partial charge in [-0.25, -0.2) is 0 Å². The molecule has 1 aromatic heterocycles. The minimum Gasteiger partial charge on any atom is -0.454 e. The second-order valence-corrected chi connectivity index (χ2v) is 17.7. The van der Waals surface area contributed by atoms with Crippen LogP contribution in [0, 0.1) is 0 Å². The summed E-state index contributed by atoms with van der Waals surface area (Å²) in [6.07, 6.45) is 0. The Hall–Kier alpha value is -6.78. The summed E-state index contributed by atoms with van der Waals surface area (Å²) in [5.74, 6) is 0. The minimum atomic E-state index is -0.105. The highest BCUT2D eigenvalue weighted by Crippen LogP contribution is 2.54. The van der Waals surface area contributed by atoms with Gasteiger partial charge in [0, 0.05) is 50.0 Å². The van der Waals surface area contributed by atoms with Crippen molar-refractivity contribution in [2.24, 2.45) is 0 Å². The fourth-order valence-electron chi connectivity index (χ4n) is 11.4. The summed E-state index contributed by atoms with van der Waals surface area (Å²) in [6, 6.07) is 61.2. The van der Waals surface area contributed by atoms with Gasteiger partial charge in [0.2, 0.25) is 0 Å². The zero-order chi connectivity index (χ0) is 38.7. The molecule has 2 aliphatic carbocycles. The summed E-state index contributed by atoms with van der Waals surface area (Å²) in [4.78, 5) is 4.98. The average molecular weight is 743 g/mol. The Morgan fingerprint density at radius 1 is 0.414 bits per heavy atom. The van der Waals surface area contributed by atoms with Crippen molar-refractivity contribution in [3.05, 3.63) is 186 Å². The van der Waals surface area contributed by atoms with Crippen LogP contribution in [-0.2, 0) is 10.8 Å². The zero-order valence-corrected chi connectivity index (χ0v) is 33.0. The molecular formula is C54H39BN2O. The van der Waals surface area contributed by atoms with Crippen LogP contribution in [-0.4, -0.2) is 6.71 Å². The third kappa shape index (κ3) is 3.95. The van der Waals surface area contributed by atoms with Gasteiger partial charge in [0.15, 0.2) is 5.58 Å². The van der Waals surface area contributed by atoms with E-state index in [0.717, 1.165) is 27.6 Å². The molecule has 8 aromatic carbocycles. The number of nitrogens with zero attached hydrogens (tertiary/aromatic N) is 2. The van der Waals surface area contributed by atoms with Crippen LogP contribution in [0.25, 0.3) is 44.2 Å². The quantitative estimate of drug-likeness (QED) is 0.164. The molecule has 0 spiro atoms. The molecule has 9 aromatic rings. The van der Waals surface area contributed by atoms with Crippen molar-refractivity contribution < 1.29 is 4.42 Å². The number of hydrogen-bond donors (Lipinski definition) is 0. The first-order valence-electron chi connectivity index (χ1n) is 20.6. The van der Waals surface area contributed by atoms with Gasteiger partial charge in [-0.1, -0.05) is 137 Å². The van der Waals surface area contributed by atoms with Crippen molar-refractivity contribution in [2.45, 2.75) is 38.5 Å². The van der Waals surface area contributed by atoms with Crippen molar-refractivity contribution >= 4 is 79.2 Å². The molecule has 0 N–H and O–H groups in total. The Balaban J connectivity index is 1.04. The second-order valence-electron chi connectivity index (χ2n) is 17.7. The molecular weight excluding hydrogens is 703 g/mol. The van der Waals surface area contributed by atoms with E-state index in [-0.39, 0.29) is 17.5 Å². The molecule has 4 aliphatic rings. The predicted molar refractivity (Wildman–Crippen MR) is 243 cm³/mol. The van der Waals surface area contributed by atoms with Gasteiger partial charge < -0.3 is 14.2 Å². The normalized spacial score (nSPS) is 15.8. The number of rotatable bonds is 2. The lowest BCUT2D eigenvalue weighted by atomic mass is 9.33. The van der Waals surface area contributed by atoms with Gasteiger partial charge in [0.25, 0.3) is 6.71 Å². The lowest BCUT2D eigenvalue weighted by molar-refractivity contribution is 0.647. The van der Waals surface area contributed by atoms with Crippen LogP contribution in [0.1, 0.15) is 49.9 Å². The molecule has 4 heteroatoms. The summed E-state index contributed by atoms with van der Waals surface area (Å²) in [7, 11) is 0. The van der Waals surface area contributed by atoms with Crippen molar-refractivity contribution in [3.8, 4) is 22.3 Å². The third-order valence-corrected chi connectivity index (χ3v) is 14.1. The number of para-hydroxylation sites is 3. The van der Waals surface area contributed by atoms with Gasteiger partial charge >= 0.3 is 0 Å². The Kier molecular flexibility index (Phi) is 6.13. The molecule has 3 heterocycles. The topological polar surface area (TPSA) is 19.6 Å². The van der Waals surface area contributed by atoms with Crippen LogP contribution in [0.15, 0.2) is 168 Å². The zero-order valence-electron chi connectivity index (χ0n) is 33.0. The van der Waals surface area contributed by atoms with Gasteiger partial charge in [-0.2, -0.15) is 0 Å². The predicted octanol–water partition coefficient (Wildman–Crippen LogP) is 12.3. The smallest absolute Gasteiger partial charge is 0.252 e. The average Bonchev–Trinajstić information content (AvgIpc) is 3.82. The summed E-state index contributed by atoms with van der Waals surface area (Å²) in [5.41, 5.74) is 23.4. The van der Waals surface area contributed by atoms with E-state index in [4.69, 9.17) is 4.42 Å². The highest BCUT2D eigenvalue weighted by molar-refractivity contribution is 7.00. The molecule has 0 atom stereocenters. The van der Waals surface area contributed by atoms with Gasteiger partial charge in [0.05, 0.1) is 5.69 Å². The monoisotopic (exact) mass is 742 g/mol. The van der Waals surface area contributed by atoms with Crippen molar-refractivity contribution in [2.75, 3.05) is 9.80 Å². The molecule has 0 fully saturated rings. The Morgan fingerprint density at radius 3 is 1.67 bits per heavy atom. The number of anilines is 6. The molecule has 58 heavy (non-hydrogen) atoms. The third-order valence-electron chi connectivity index (χ3n) is 14.1. The number of fused-ring (bicyclic) bond motifs is 13. The van der Waals surface area contributed by atoms with E-state index < -0.39 is 0 Å². The molecule has 0 amide bonds. The van der Waals surface area contributed by atoms with Crippen molar-refractivity contribution in [3.63, 3.8) is 0 Å². The van der Waals surface area contributed by atoms with Gasteiger partial charge in [0.1, 0.15) is 5.58 Å². The Morgan fingerprint density at radius 2 is 0.948 bits per heavy atom. The molecule has 0 unspecified atom stereocenters. The van der Waals surface area contributed by atoms with Gasteiger partial charge in [-0.15, -0.1) is 0 Å². The Bertz CT molecular complexity index is 3280. The number of furan rings is 1. The highest BCUT2D eigenvalue weighted by Gasteiger charge is 2.44. The maximum atomic E-state index is 7.07. The number of hydrogen-bond acceptors (Lipinski definition) is 3. The lowest BCUT2D eigenvalue weighted by Gasteiger charge is -2.44. The molecule has 3 nitrogen and oxygen atoms in total. The van der Waals surface area contributed by atoms with E-state index >= 15 is 0 Å². The molecule has 0 radical (unpaired) electrons. The van der Waals surface area contributed by atoms with E-state index in [1.165, 1.54) is 89.3 Å². The molecule has 274 valence electrons. The fraction of sp³-hybridized carbons (Fsp3) is 0.111. The maximum Gasteiger partial charge on any atom is 0.252 e. The van der Waals surface area contributed by atoms with Gasteiger partial charge in [-0.05, 0) is 115 Å². The number of benzene rings is 8. The standard InChI is InChI=1S/C54H39BN2O/c1-53(2)39-18-7-5-15-33(39)35-28-27-32(29-41(35)53)56-45-22-11-9-20-43(45)55-44-21-10-12-23-46(44)57(48-25-14-24-47(56)51(48)55)49-26-13-17-36-38-30-37-34-16-6-8-19-40(34)54(3,4)42(37)31-50(38)58-52(36)49/h5-31H,1-4H3. The first-order chi connectivity index (χ1) is 28.3. The summed E-state index contributed by atoms with van der Waals surface area (Å²) >= 11 is 0. The van der Waals surface area contributed by atoms with E-state index in [2.05, 4.69) is 201 Å². The molecule has 0 saturated carbocycles. The molecule has 13 rings (SSSR count). The summed E-state index contributed by atoms with van der Waals surface area (Å²) in [5, 5.41) is 2.29. The lowest BCUT2D eigenvalue weighted by Crippen LogP contribution is -2.61. The van der Waals surface area contributed by atoms with Gasteiger partial charge in [-0.3, -0.25) is 0 Å². The SMILES string of the molecule is CC1(C)c2ccccc2-c2ccc(N3c4ccccc4B4c5ccccc5N(c5cccc6c5oc5cc7c(cc56)-c5ccccc5C7(C)C)c5cccc3c54)cc21. The van der Waals surface area contributed by atoms with Crippen LogP contribution in [0.3, 0.4) is 0 Å². The summed E-state index contributed by atoms with van der Waals surface area (Å²) in [6.45, 7) is 9.48. The van der Waals surface area contributed by atoms with Crippen LogP contribution in [0.4, 0.5) is 34.1 Å². The molecule has 0 bridgehead atoms. The van der Waals surface area contributed by atoms with E-state index in [0.29, 0.717) is 0 Å². The van der Waals surface area contributed by atoms with Crippen molar-refractivity contribution in [1.82, 2.24) is 0 Å².